The maximum atomic E-state index is 12.4. The number of carbonyl (C=O) groups excluding carboxylic acids is 1. The van der Waals surface area contributed by atoms with Crippen LogP contribution in [0.4, 0.5) is 0 Å². The molecule has 0 radical (unpaired) electrons. The van der Waals surface area contributed by atoms with Crippen LogP contribution in [0, 0.1) is 17.8 Å². The molecule has 1 amide bonds. The third-order valence-electron chi connectivity index (χ3n) is 3.45. The number of hydrogen-bond acceptors (Lipinski definition) is 3. The largest absolute Gasteiger partial charge is 0.396 e. The Labute approximate surface area is 125 Å². The van der Waals surface area contributed by atoms with Crippen LogP contribution in [-0.2, 0) is 0 Å². The summed E-state index contributed by atoms with van der Waals surface area (Å²) in [6, 6.07) is 7.12. The van der Waals surface area contributed by atoms with Crippen LogP contribution in [-0.4, -0.2) is 46.3 Å². The highest BCUT2D eigenvalue weighted by Gasteiger charge is 2.26. The lowest BCUT2D eigenvalue weighted by atomic mass is 10.1. The molecule has 1 aliphatic rings. The van der Waals surface area contributed by atoms with Gasteiger partial charge in [0.05, 0.1) is 0 Å². The average molecular weight is 287 g/mol. The van der Waals surface area contributed by atoms with E-state index in [0.29, 0.717) is 24.2 Å². The van der Waals surface area contributed by atoms with E-state index in [4.69, 9.17) is 5.11 Å². The summed E-state index contributed by atoms with van der Waals surface area (Å²) < 4.78 is 0. The molecule has 1 aromatic rings. The lowest BCUT2D eigenvalue weighted by Gasteiger charge is -2.16. The molecule has 0 bridgehead atoms. The molecule has 1 unspecified atom stereocenters. The van der Waals surface area contributed by atoms with Crippen molar-refractivity contribution in [3.63, 3.8) is 0 Å². The predicted octanol–water partition coefficient (Wildman–Crippen LogP) is 1.26. The fourth-order valence-corrected chi connectivity index (χ4v) is 2.30. The van der Waals surface area contributed by atoms with Gasteiger partial charge in [-0.15, -0.1) is 0 Å². The lowest BCUT2D eigenvalue weighted by molar-refractivity contribution is 0.0782. The van der Waals surface area contributed by atoms with Crippen LogP contribution in [0.5, 0.6) is 0 Å². The van der Waals surface area contributed by atoms with E-state index in [1.807, 2.05) is 6.07 Å². The first-order valence-electron chi connectivity index (χ1n) is 7.15. The zero-order valence-electron chi connectivity index (χ0n) is 12.5. The fourth-order valence-electron chi connectivity index (χ4n) is 2.30. The summed E-state index contributed by atoms with van der Waals surface area (Å²) in [5, 5.41) is 18.8. The molecule has 0 saturated carbocycles. The molecule has 0 aromatic heterocycles. The molecule has 2 N–H and O–H groups in total. The van der Waals surface area contributed by atoms with E-state index in [0.717, 1.165) is 6.42 Å². The highest BCUT2D eigenvalue weighted by molar-refractivity contribution is 5.94. The van der Waals surface area contributed by atoms with E-state index < -0.39 is 5.60 Å². The van der Waals surface area contributed by atoms with Crippen molar-refractivity contribution in [3.05, 3.63) is 35.4 Å². The van der Waals surface area contributed by atoms with Crippen molar-refractivity contribution in [3.8, 4) is 11.8 Å². The first-order chi connectivity index (χ1) is 9.89. The quantitative estimate of drug-likeness (QED) is 0.805. The number of nitrogens with zero attached hydrogens (tertiary/aromatic N) is 1. The van der Waals surface area contributed by atoms with Gasteiger partial charge in [0.2, 0.25) is 0 Å². The van der Waals surface area contributed by atoms with E-state index in [1.165, 1.54) is 0 Å². The van der Waals surface area contributed by atoms with Crippen LogP contribution in [0.3, 0.4) is 0 Å². The first kappa shape index (κ1) is 15.6. The first-order valence-corrected chi connectivity index (χ1v) is 7.15. The van der Waals surface area contributed by atoms with Gasteiger partial charge in [0, 0.05) is 36.7 Å². The predicted molar refractivity (Wildman–Crippen MR) is 80.7 cm³/mol. The average Bonchev–Trinajstić information content (AvgIpc) is 2.93. The normalized spacial score (nSPS) is 18.3. The third kappa shape index (κ3) is 4.32. The number of hydrogen-bond donors (Lipinski definition) is 2. The number of benzene rings is 1. The van der Waals surface area contributed by atoms with Crippen molar-refractivity contribution in [2.24, 2.45) is 5.92 Å². The third-order valence-corrected chi connectivity index (χ3v) is 3.45. The topological polar surface area (TPSA) is 60.8 Å². The van der Waals surface area contributed by atoms with Crippen LogP contribution < -0.4 is 0 Å². The summed E-state index contributed by atoms with van der Waals surface area (Å²) in [4.78, 5) is 14.2. The van der Waals surface area contributed by atoms with Crippen LogP contribution in [0.25, 0.3) is 0 Å². The summed E-state index contributed by atoms with van der Waals surface area (Å²) in [5.41, 5.74) is 0.251. The van der Waals surface area contributed by atoms with Crippen LogP contribution in [0.1, 0.15) is 36.2 Å². The van der Waals surface area contributed by atoms with Crippen molar-refractivity contribution >= 4 is 5.91 Å². The minimum atomic E-state index is -1.05. The molecule has 21 heavy (non-hydrogen) atoms. The van der Waals surface area contributed by atoms with Gasteiger partial charge in [0.25, 0.3) is 5.91 Å². The molecule has 2 rings (SSSR count). The Bertz CT molecular complexity index is 578. The summed E-state index contributed by atoms with van der Waals surface area (Å²) in [6.07, 6.45) is 0.848. The van der Waals surface area contributed by atoms with Gasteiger partial charge in [-0.05, 0) is 38.5 Å². The van der Waals surface area contributed by atoms with Gasteiger partial charge in [0.1, 0.15) is 5.60 Å². The number of rotatable bonds is 2. The molecular formula is C17H21NO3. The minimum Gasteiger partial charge on any atom is -0.396 e. The molecule has 1 heterocycles. The Morgan fingerprint density at radius 2 is 2.24 bits per heavy atom. The summed E-state index contributed by atoms with van der Waals surface area (Å²) in [6.45, 7) is 4.65. The maximum absolute atomic E-state index is 12.4. The van der Waals surface area contributed by atoms with E-state index >= 15 is 0 Å². The summed E-state index contributed by atoms with van der Waals surface area (Å²) >= 11 is 0. The van der Waals surface area contributed by atoms with Crippen molar-refractivity contribution in [1.29, 1.82) is 0 Å². The zero-order valence-corrected chi connectivity index (χ0v) is 12.5. The van der Waals surface area contributed by atoms with E-state index in [2.05, 4.69) is 11.8 Å². The standard InChI is InChI=1S/C17H21NO3/c1-17(2,21)8-6-13-4-3-5-15(10-13)16(20)18-9-7-14(11-18)12-19/h3-5,10,14,19,21H,7,9,11-12H2,1-2H3. The number of aliphatic hydroxyl groups excluding tert-OH is 1. The summed E-state index contributed by atoms with van der Waals surface area (Å²) in [5.74, 6) is 5.77. The molecule has 112 valence electrons. The highest BCUT2D eigenvalue weighted by atomic mass is 16.3. The number of aliphatic hydroxyl groups is 2. The Morgan fingerprint density at radius 3 is 2.86 bits per heavy atom. The second-order valence-electron chi connectivity index (χ2n) is 5.98. The van der Waals surface area contributed by atoms with E-state index in [-0.39, 0.29) is 18.4 Å². The van der Waals surface area contributed by atoms with Gasteiger partial charge < -0.3 is 15.1 Å². The van der Waals surface area contributed by atoms with Gasteiger partial charge in [-0.25, -0.2) is 0 Å². The Kier molecular flexibility index (Phi) is 4.66. The highest BCUT2D eigenvalue weighted by Crippen LogP contribution is 2.18. The summed E-state index contributed by atoms with van der Waals surface area (Å²) in [7, 11) is 0. The smallest absolute Gasteiger partial charge is 0.253 e. The SMILES string of the molecule is CC(C)(O)C#Cc1cccc(C(=O)N2CCC(CO)C2)c1. The molecule has 1 atom stereocenters. The van der Waals surface area contributed by atoms with Gasteiger partial charge >= 0.3 is 0 Å². The van der Waals surface area contributed by atoms with Gasteiger partial charge in [-0.2, -0.15) is 0 Å². The van der Waals surface area contributed by atoms with E-state index in [1.54, 1.807) is 36.9 Å². The Morgan fingerprint density at radius 1 is 1.48 bits per heavy atom. The van der Waals surface area contributed by atoms with Gasteiger partial charge in [-0.3, -0.25) is 4.79 Å². The Hall–Kier alpha value is -1.83. The minimum absolute atomic E-state index is 0.0298. The second-order valence-corrected chi connectivity index (χ2v) is 5.98. The molecule has 4 heteroatoms. The molecule has 0 aliphatic carbocycles. The van der Waals surface area contributed by atoms with Gasteiger partial charge in [-0.1, -0.05) is 17.9 Å². The number of amides is 1. The molecule has 1 aliphatic heterocycles. The molecule has 0 spiro atoms. The maximum Gasteiger partial charge on any atom is 0.253 e. The fraction of sp³-hybridized carbons (Fsp3) is 0.471. The van der Waals surface area contributed by atoms with Crippen molar-refractivity contribution < 1.29 is 15.0 Å². The number of likely N-dealkylation sites (tertiary alicyclic amines) is 1. The van der Waals surface area contributed by atoms with E-state index in [9.17, 15) is 9.90 Å². The lowest BCUT2D eigenvalue weighted by Crippen LogP contribution is -2.29. The van der Waals surface area contributed by atoms with Crippen LogP contribution in [0.2, 0.25) is 0 Å². The number of carbonyl (C=O) groups is 1. The second kappa shape index (κ2) is 6.30. The molecule has 1 fully saturated rings. The molecule has 4 nitrogen and oxygen atoms in total. The van der Waals surface area contributed by atoms with Crippen LogP contribution in [0.15, 0.2) is 24.3 Å². The molecular weight excluding hydrogens is 266 g/mol. The molecule has 1 saturated heterocycles. The monoisotopic (exact) mass is 287 g/mol. The molecule has 1 aromatic carbocycles. The zero-order chi connectivity index (χ0) is 15.5. The van der Waals surface area contributed by atoms with Crippen molar-refractivity contribution in [1.82, 2.24) is 4.90 Å². The van der Waals surface area contributed by atoms with Crippen LogP contribution >= 0.6 is 0 Å². The van der Waals surface area contributed by atoms with Gasteiger partial charge in [0.15, 0.2) is 0 Å². The van der Waals surface area contributed by atoms with Crippen molar-refractivity contribution in [2.75, 3.05) is 19.7 Å². The van der Waals surface area contributed by atoms with Crippen molar-refractivity contribution in [2.45, 2.75) is 25.9 Å². The Balaban J connectivity index is 2.13.